The van der Waals surface area contributed by atoms with E-state index in [4.69, 9.17) is 4.74 Å². The van der Waals surface area contributed by atoms with Crippen molar-refractivity contribution in [2.75, 3.05) is 26.7 Å². The number of fused-ring (bicyclic) bond motifs is 1. The number of hydrogen-bond acceptors (Lipinski definition) is 3. The van der Waals surface area contributed by atoms with E-state index in [9.17, 15) is 4.79 Å². The minimum absolute atomic E-state index is 0.0562. The van der Waals surface area contributed by atoms with E-state index in [0.717, 1.165) is 60.3 Å². The van der Waals surface area contributed by atoms with Crippen LogP contribution in [0.15, 0.2) is 79.0 Å². The van der Waals surface area contributed by atoms with E-state index in [-0.39, 0.29) is 24.2 Å². The fourth-order valence-corrected chi connectivity index (χ4v) is 5.51. The Labute approximate surface area is 238 Å². The number of rotatable bonds is 14. The first-order chi connectivity index (χ1) is 19.4. The maximum atomic E-state index is 15.2. The Balaban J connectivity index is 1.59. The SMILES string of the molecule is CCN(CC)CCCC(C)NC(=O)CC(c1ccccc1F)c1cn(Cc2ccc(OC)cc2)c2ccccc12. The zero-order valence-corrected chi connectivity index (χ0v) is 24.2. The Morgan fingerprint density at radius 1 is 0.975 bits per heavy atom. The smallest absolute Gasteiger partial charge is 0.221 e. The van der Waals surface area contributed by atoms with E-state index in [1.165, 1.54) is 6.07 Å². The number of halogens is 1. The molecule has 1 amide bonds. The number of amides is 1. The Hall–Kier alpha value is -3.64. The summed E-state index contributed by atoms with van der Waals surface area (Å²) < 4.78 is 22.7. The molecular formula is C34H42FN3O2. The van der Waals surface area contributed by atoms with Gasteiger partial charge in [-0.25, -0.2) is 4.39 Å². The van der Waals surface area contributed by atoms with Crippen LogP contribution in [0.25, 0.3) is 10.9 Å². The number of aromatic nitrogens is 1. The van der Waals surface area contributed by atoms with E-state index in [1.54, 1.807) is 19.2 Å². The molecule has 0 aliphatic rings. The van der Waals surface area contributed by atoms with Gasteiger partial charge in [0.2, 0.25) is 5.91 Å². The highest BCUT2D eigenvalue weighted by Crippen LogP contribution is 2.36. The largest absolute Gasteiger partial charge is 0.497 e. The van der Waals surface area contributed by atoms with Crippen molar-refractivity contribution in [2.24, 2.45) is 0 Å². The molecule has 6 heteroatoms. The normalized spacial score (nSPS) is 12.9. The summed E-state index contributed by atoms with van der Waals surface area (Å²) in [6.45, 7) is 10.2. The predicted molar refractivity (Wildman–Crippen MR) is 162 cm³/mol. The van der Waals surface area contributed by atoms with Crippen LogP contribution in [-0.2, 0) is 11.3 Å². The molecule has 0 fully saturated rings. The number of hydrogen-bond donors (Lipinski definition) is 1. The van der Waals surface area contributed by atoms with Crippen LogP contribution in [0.1, 0.15) is 62.6 Å². The van der Waals surface area contributed by atoms with E-state index >= 15 is 4.39 Å². The van der Waals surface area contributed by atoms with Crippen molar-refractivity contribution in [2.45, 2.75) is 58.5 Å². The second-order valence-electron chi connectivity index (χ2n) is 10.5. The first kappa shape index (κ1) is 29.3. The summed E-state index contributed by atoms with van der Waals surface area (Å²) in [6, 6.07) is 23.1. The average molecular weight is 544 g/mol. The molecule has 0 radical (unpaired) electrons. The third kappa shape index (κ3) is 7.30. The number of para-hydroxylation sites is 1. The zero-order valence-electron chi connectivity index (χ0n) is 24.2. The Bertz CT molecular complexity index is 1380. The maximum Gasteiger partial charge on any atom is 0.221 e. The summed E-state index contributed by atoms with van der Waals surface area (Å²) in [6.07, 6.45) is 4.21. The van der Waals surface area contributed by atoms with Crippen molar-refractivity contribution < 1.29 is 13.9 Å². The summed E-state index contributed by atoms with van der Waals surface area (Å²) >= 11 is 0. The van der Waals surface area contributed by atoms with Gasteiger partial charge in [0.15, 0.2) is 0 Å². The fourth-order valence-electron chi connectivity index (χ4n) is 5.51. The average Bonchev–Trinajstić information content (AvgIpc) is 3.33. The van der Waals surface area contributed by atoms with Gasteiger partial charge in [-0.2, -0.15) is 0 Å². The Kier molecular flexibility index (Phi) is 10.4. The number of nitrogens with zero attached hydrogens (tertiary/aromatic N) is 2. The predicted octanol–water partition coefficient (Wildman–Crippen LogP) is 6.99. The molecule has 0 aliphatic heterocycles. The van der Waals surface area contributed by atoms with Crippen molar-refractivity contribution >= 4 is 16.8 Å². The van der Waals surface area contributed by atoms with Gasteiger partial charge < -0.3 is 19.5 Å². The second-order valence-corrected chi connectivity index (χ2v) is 10.5. The summed E-state index contributed by atoms with van der Waals surface area (Å²) in [5, 5.41) is 4.22. The molecular weight excluding hydrogens is 501 g/mol. The standard InChI is InChI=1S/C34H42FN3O2/c1-5-37(6-2)21-11-12-25(3)36-34(39)22-30(28-13-7-9-15-32(28)35)31-24-38(33-16-10-8-14-29(31)33)23-26-17-19-27(40-4)20-18-26/h7-10,13-20,24-25,30H,5-6,11-12,21-23H2,1-4H3,(H,36,39). The summed E-state index contributed by atoms with van der Waals surface area (Å²) in [7, 11) is 1.66. The molecule has 5 nitrogen and oxygen atoms in total. The van der Waals surface area contributed by atoms with Gasteiger partial charge in [0.1, 0.15) is 11.6 Å². The van der Waals surface area contributed by atoms with Gasteiger partial charge in [0.25, 0.3) is 0 Å². The highest BCUT2D eigenvalue weighted by Gasteiger charge is 2.25. The lowest BCUT2D eigenvalue weighted by Gasteiger charge is -2.21. The summed E-state index contributed by atoms with van der Waals surface area (Å²) in [5.74, 6) is 0.0518. The molecule has 0 saturated heterocycles. The zero-order chi connectivity index (χ0) is 28.5. The van der Waals surface area contributed by atoms with Gasteiger partial charge in [-0.05, 0) is 80.4 Å². The molecule has 4 rings (SSSR count). The fraction of sp³-hybridized carbons (Fsp3) is 0.382. The van der Waals surface area contributed by atoms with Crippen LogP contribution < -0.4 is 10.1 Å². The van der Waals surface area contributed by atoms with Gasteiger partial charge in [-0.15, -0.1) is 0 Å². The molecule has 1 N–H and O–H groups in total. The first-order valence-electron chi connectivity index (χ1n) is 14.4. The lowest BCUT2D eigenvalue weighted by molar-refractivity contribution is -0.121. The topological polar surface area (TPSA) is 46.5 Å². The molecule has 3 aromatic carbocycles. The van der Waals surface area contributed by atoms with E-state index in [1.807, 2.05) is 30.3 Å². The van der Waals surface area contributed by atoms with E-state index in [0.29, 0.717) is 12.1 Å². The minimum Gasteiger partial charge on any atom is -0.497 e. The highest BCUT2D eigenvalue weighted by atomic mass is 19.1. The molecule has 0 aliphatic carbocycles. The molecule has 2 atom stereocenters. The molecule has 2 unspecified atom stereocenters. The molecule has 40 heavy (non-hydrogen) atoms. The monoisotopic (exact) mass is 543 g/mol. The molecule has 4 aromatic rings. The molecule has 1 aromatic heterocycles. The van der Waals surface area contributed by atoms with Crippen LogP contribution >= 0.6 is 0 Å². The molecule has 0 spiro atoms. The molecule has 212 valence electrons. The number of benzene rings is 3. The van der Waals surface area contributed by atoms with Gasteiger partial charge in [-0.3, -0.25) is 4.79 Å². The van der Waals surface area contributed by atoms with Crippen LogP contribution in [0, 0.1) is 5.82 Å². The van der Waals surface area contributed by atoms with Crippen molar-refractivity contribution in [1.29, 1.82) is 0 Å². The van der Waals surface area contributed by atoms with Gasteiger partial charge >= 0.3 is 0 Å². The van der Waals surface area contributed by atoms with Crippen molar-refractivity contribution in [3.8, 4) is 5.75 Å². The van der Waals surface area contributed by atoms with Crippen LogP contribution in [0.5, 0.6) is 5.75 Å². The highest BCUT2D eigenvalue weighted by molar-refractivity contribution is 5.87. The lowest BCUT2D eigenvalue weighted by atomic mass is 9.87. The third-order valence-electron chi connectivity index (χ3n) is 7.79. The van der Waals surface area contributed by atoms with Crippen molar-refractivity contribution in [3.63, 3.8) is 0 Å². The number of nitrogens with one attached hydrogen (secondary N) is 1. The minimum atomic E-state index is -0.411. The Morgan fingerprint density at radius 2 is 1.68 bits per heavy atom. The summed E-state index contributed by atoms with van der Waals surface area (Å²) in [5.41, 5.74) is 3.68. The van der Waals surface area contributed by atoms with Gasteiger partial charge in [-0.1, -0.05) is 62.4 Å². The maximum absolute atomic E-state index is 15.2. The van der Waals surface area contributed by atoms with E-state index in [2.05, 4.69) is 66.0 Å². The lowest BCUT2D eigenvalue weighted by Crippen LogP contribution is -2.34. The molecule has 0 saturated carbocycles. The van der Waals surface area contributed by atoms with E-state index < -0.39 is 5.92 Å². The van der Waals surface area contributed by atoms with Gasteiger partial charge in [0.05, 0.1) is 7.11 Å². The van der Waals surface area contributed by atoms with Crippen molar-refractivity contribution in [1.82, 2.24) is 14.8 Å². The molecule has 1 heterocycles. The van der Waals surface area contributed by atoms with Crippen LogP contribution in [-0.4, -0.2) is 48.2 Å². The number of ether oxygens (including phenoxy) is 1. The van der Waals surface area contributed by atoms with Crippen LogP contribution in [0.4, 0.5) is 4.39 Å². The molecule has 0 bridgehead atoms. The van der Waals surface area contributed by atoms with Crippen LogP contribution in [0.2, 0.25) is 0 Å². The van der Waals surface area contributed by atoms with Crippen LogP contribution in [0.3, 0.4) is 0 Å². The summed E-state index contributed by atoms with van der Waals surface area (Å²) in [4.78, 5) is 15.8. The first-order valence-corrected chi connectivity index (χ1v) is 14.4. The third-order valence-corrected chi connectivity index (χ3v) is 7.79. The number of carbonyl (C=O) groups excluding carboxylic acids is 1. The Morgan fingerprint density at radius 3 is 2.38 bits per heavy atom. The van der Waals surface area contributed by atoms with Crippen molar-refractivity contribution in [3.05, 3.63) is 102 Å². The number of carbonyl (C=O) groups is 1. The number of methoxy groups -OCH3 is 1. The quantitative estimate of drug-likeness (QED) is 0.187. The second kappa shape index (κ2) is 14.1. The van der Waals surface area contributed by atoms with Gasteiger partial charge in [0, 0.05) is 42.0 Å².